The van der Waals surface area contributed by atoms with Crippen LogP contribution in [0, 0.1) is 0 Å². The monoisotopic (exact) mass is 327 g/mol. The van der Waals surface area contributed by atoms with E-state index < -0.39 is 11.6 Å². The van der Waals surface area contributed by atoms with Crippen LogP contribution in [0.15, 0.2) is 24.3 Å². The van der Waals surface area contributed by atoms with Crippen LogP contribution >= 0.6 is 0 Å². The highest BCUT2D eigenvalue weighted by molar-refractivity contribution is 6.07. The van der Waals surface area contributed by atoms with Crippen molar-refractivity contribution in [2.24, 2.45) is 0 Å². The summed E-state index contributed by atoms with van der Waals surface area (Å²) in [5.74, 6) is -0.180. The third kappa shape index (κ3) is 2.37. The molecule has 2 aliphatic heterocycles. The van der Waals surface area contributed by atoms with Crippen molar-refractivity contribution >= 4 is 17.8 Å². The Kier molecular flexibility index (Phi) is 3.55. The molecule has 0 bridgehead atoms. The molecular weight excluding hydrogens is 306 g/mol. The summed E-state index contributed by atoms with van der Waals surface area (Å²) in [6.45, 7) is 1.01. The van der Waals surface area contributed by atoms with E-state index in [0.717, 1.165) is 24.8 Å². The van der Waals surface area contributed by atoms with Gasteiger partial charge in [0.05, 0.1) is 5.92 Å². The molecule has 3 aliphatic rings. The van der Waals surface area contributed by atoms with Gasteiger partial charge in [0.1, 0.15) is 5.54 Å². The molecule has 4 rings (SSSR count). The summed E-state index contributed by atoms with van der Waals surface area (Å²) in [6.07, 6.45) is 3.91. The quantitative estimate of drug-likeness (QED) is 0.763. The van der Waals surface area contributed by atoms with Gasteiger partial charge in [0.2, 0.25) is 5.91 Å². The molecule has 2 N–H and O–H groups in total. The van der Waals surface area contributed by atoms with E-state index >= 15 is 0 Å². The Hall–Kier alpha value is -2.37. The average molecular weight is 327 g/mol. The normalized spacial score (nSPS) is 25.2. The summed E-state index contributed by atoms with van der Waals surface area (Å²) in [4.78, 5) is 38.3. The predicted octanol–water partition coefficient (Wildman–Crippen LogP) is 1.31. The molecule has 0 aromatic heterocycles. The van der Waals surface area contributed by atoms with Crippen LogP contribution in [0.1, 0.15) is 42.7 Å². The van der Waals surface area contributed by atoms with E-state index in [1.165, 1.54) is 5.56 Å². The average Bonchev–Trinajstić information content (AvgIpc) is 2.87. The van der Waals surface area contributed by atoms with E-state index in [4.69, 9.17) is 0 Å². The number of carbonyl (C=O) groups excluding carboxylic acids is 3. The van der Waals surface area contributed by atoms with Crippen molar-refractivity contribution in [1.29, 1.82) is 0 Å². The largest absolute Gasteiger partial charge is 0.342 e. The third-order valence-electron chi connectivity index (χ3n) is 5.61. The van der Waals surface area contributed by atoms with Gasteiger partial charge in [0, 0.05) is 13.1 Å². The Morgan fingerprint density at radius 3 is 2.62 bits per heavy atom. The number of nitrogens with one attached hydrogen (secondary N) is 2. The van der Waals surface area contributed by atoms with Crippen molar-refractivity contribution in [3.8, 4) is 0 Å². The minimum Gasteiger partial charge on any atom is -0.342 e. The third-order valence-corrected chi connectivity index (χ3v) is 5.61. The van der Waals surface area contributed by atoms with Crippen molar-refractivity contribution in [2.75, 3.05) is 13.1 Å². The Morgan fingerprint density at radius 2 is 1.92 bits per heavy atom. The van der Waals surface area contributed by atoms with Gasteiger partial charge in [0.15, 0.2) is 0 Å². The second-order valence-electron chi connectivity index (χ2n) is 6.96. The molecule has 1 spiro atoms. The first kappa shape index (κ1) is 15.2. The molecule has 0 radical (unpaired) electrons. The molecule has 0 saturated carbocycles. The van der Waals surface area contributed by atoms with Crippen molar-refractivity contribution in [1.82, 2.24) is 15.5 Å². The number of benzene rings is 1. The number of hydrogen-bond donors (Lipinski definition) is 2. The Balaban J connectivity index is 1.48. The van der Waals surface area contributed by atoms with Crippen LogP contribution in [0.25, 0.3) is 0 Å². The van der Waals surface area contributed by atoms with Crippen LogP contribution in [0.5, 0.6) is 0 Å². The van der Waals surface area contributed by atoms with E-state index in [9.17, 15) is 14.4 Å². The van der Waals surface area contributed by atoms with Gasteiger partial charge in [-0.25, -0.2) is 4.79 Å². The van der Waals surface area contributed by atoms with Crippen molar-refractivity contribution < 1.29 is 14.4 Å². The highest BCUT2D eigenvalue weighted by atomic mass is 16.2. The van der Waals surface area contributed by atoms with Crippen LogP contribution in [0.4, 0.5) is 4.79 Å². The molecule has 24 heavy (non-hydrogen) atoms. The van der Waals surface area contributed by atoms with Gasteiger partial charge in [-0.05, 0) is 43.2 Å². The molecule has 126 valence electrons. The Labute approximate surface area is 140 Å². The van der Waals surface area contributed by atoms with E-state index in [0.29, 0.717) is 25.9 Å². The summed E-state index contributed by atoms with van der Waals surface area (Å²) in [5, 5.41) is 5.04. The number of piperidine rings is 1. The molecule has 6 nitrogen and oxygen atoms in total. The first-order chi connectivity index (χ1) is 11.6. The molecule has 1 atom stereocenters. The van der Waals surface area contributed by atoms with Gasteiger partial charge in [-0.15, -0.1) is 0 Å². The van der Waals surface area contributed by atoms with Crippen LogP contribution in [-0.2, 0) is 16.0 Å². The van der Waals surface area contributed by atoms with Gasteiger partial charge >= 0.3 is 6.03 Å². The topological polar surface area (TPSA) is 78.5 Å². The number of imide groups is 1. The lowest BCUT2D eigenvalue weighted by Crippen LogP contribution is -2.56. The van der Waals surface area contributed by atoms with E-state index in [2.05, 4.69) is 22.8 Å². The zero-order chi connectivity index (χ0) is 16.7. The molecule has 2 heterocycles. The number of likely N-dealkylation sites (tertiary alicyclic amines) is 1. The molecule has 1 aromatic carbocycles. The lowest BCUT2D eigenvalue weighted by atomic mass is 9.81. The molecule has 1 aliphatic carbocycles. The van der Waals surface area contributed by atoms with Gasteiger partial charge in [-0.2, -0.15) is 0 Å². The summed E-state index contributed by atoms with van der Waals surface area (Å²) in [7, 11) is 0. The lowest BCUT2D eigenvalue weighted by Gasteiger charge is -2.39. The molecule has 2 saturated heterocycles. The summed E-state index contributed by atoms with van der Waals surface area (Å²) >= 11 is 0. The maximum absolute atomic E-state index is 13.0. The van der Waals surface area contributed by atoms with Crippen LogP contribution in [0.3, 0.4) is 0 Å². The van der Waals surface area contributed by atoms with Gasteiger partial charge in [-0.3, -0.25) is 14.9 Å². The fourth-order valence-electron chi connectivity index (χ4n) is 4.22. The number of rotatable bonds is 1. The smallest absolute Gasteiger partial charge is 0.322 e. The van der Waals surface area contributed by atoms with Crippen LogP contribution in [0.2, 0.25) is 0 Å². The van der Waals surface area contributed by atoms with E-state index in [1.807, 2.05) is 17.0 Å². The summed E-state index contributed by atoms with van der Waals surface area (Å²) < 4.78 is 0. The molecule has 2 fully saturated rings. The first-order valence-electron chi connectivity index (χ1n) is 8.59. The standard InChI is InChI=1S/C18H21N3O3/c22-15(14-7-3-5-12-4-1-2-6-13(12)14)21-10-8-18(9-11-21)16(23)19-17(24)20-18/h1-2,4,6,14H,3,5,7-11H2,(H2,19,20,23,24)/t14-/m0/s1. The Morgan fingerprint density at radius 1 is 1.17 bits per heavy atom. The molecule has 4 amide bonds. The number of hydrogen-bond acceptors (Lipinski definition) is 3. The highest BCUT2D eigenvalue weighted by Gasteiger charge is 2.48. The molecular formula is C18H21N3O3. The molecule has 1 aromatic rings. The van der Waals surface area contributed by atoms with Crippen molar-refractivity contribution in [2.45, 2.75) is 43.6 Å². The summed E-state index contributed by atoms with van der Waals surface area (Å²) in [5.41, 5.74) is 1.61. The number of carbonyl (C=O) groups is 3. The first-order valence-corrected chi connectivity index (χ1v) is 8.59. The molecule has 0 unspecified atom stereocenters. The molecule has 6 heteroatoms. The van der Waals surface area contributed by atoms with Crippen LogP contribution < -0.4 is 10.6 Å². The second kappa shape index (κ2) is 5.61. The minimum atomic E-state index is -0.821. The van der Waals surface area contributed by atoms with Gasteiger partial charge in [-0.1, -0.05) is 24.3 Å². The number of urea groups is 1. The number of fused-ring (bicyclic) bond motifs is 1. The fraction of sp³-hybridized carbons (Fsp3) is 0.500. The van der Waals surface area contributed by atoms with E-state index in [1.54, 1.807) is 0 Å². The van der Waals surface area contributed by atoms with Crippen LogP contribution in [-0.4, -0.2) is 41.4 Å². The highest BCUT2D eigenvalue weighted by Crippen LogP contribution is 2.34. The summed E-state index contributed by atoms with van der Waals surface area (Å²) in [6, 6.07) is 7.76. The number of aryl methyl sites for hydroxylation is 1. The maximum Gasteiger partial charge on any atom is 0.322 e. The minimum absolute atomic E-state index is 0.0732. The maximum atomic E-state index is 13.0. The van der Waals surface area contributed by atoms with Gasteiger partial charge in [0.25, 0.3) is 5.91 Å². The van der Waals surface area contributed by atoms with E-state index in [-0.39, 0.29) is 17.7 Å². The van der Waals surface area contributed by atoms with Crippen molar-refractivity contribution in [3.63, 3.8) is 0 Å². The SMILES string of the molecule is O=C1NC(=O)C2(CCN(C(=O)[C@H]3CCCc4ccccc43)CC2)N1. The zero-order valence-electron chi connectivity index (χ0n) is 13.5. The zero-order valence-corrected chi connectivity index (χ0v) is 13.5. The number of amides is 4. The predicted molar refractivity (Wildman–Crippen MR) is 87.3 cm³/mol. The second-order valence-corrected chi connectivity index (χ2v) is 6.96. The number of nitrogens with zero attached hydrogens (tertiary/aromatic N) is 1. The van der Waals surface area contributed by atoms with Crippen molar-refractivity contribution in [3.05, 3.63) is 35.4 Å². The fourth-order valence-corrected chi connectivity index (χ4v) is 4.22. The van der Waals surface area contributed by atoms with Gasteiger partial charge < -0.3 is 10.2 Å². The lowest BCUT2D eigenvalue weighted by molar-refractivity contribution is -0.137. The Bertz CT molecular complexity index is 707.